The van der Waals surface area contributed by atoms with Gasteiger partial charge in [-0.05, 0) is 5.57 Å². The number of hydrogen-bond acceptors (Lipinski definition) is 10. The largest absolute Gasteiger partial charge is 0.477 e. The van der Waals surface area contributed by atoms with Crippen molar-refractivity contribution >= 4 is 45.8 Å². The van der Waals surface area contributed by atoms with Gasteiger partial charge in [-0.25, -0.2) is 9.78 Å². The van der Waals surface area contributed by atoms with Gasteiger partial charge in [-0.15, -0.1) is 23.1 Å². The Balaban J connectivity index is 1.71. The van der Waals surface area contributed by atoms with Crippen molar-refractivity contribution in [2.45, 2.75) is 11.4 Å². The van der Waals surface area contributed by atoms with Crippen LogP contribution in [0.15, 0.2) is 21.8 Å². The van der Waals surface area contributed by atoms with E-state index in [1.165, 1.54) is 18.4 Å². The zero-order chi connectivity index (χ0) is 18.8. The van der Waals surface area contributed by atoms with Crippen molar-refractivity contribution in [1.29, 1.82) is 0 Å². The predicted molar refractivity (Wildman–Crippen MR) is 98.7 cm³/mol. The van der Waals surface area contributed by atoms with Crippen LogP contribution in [0.2, 0.25) is 0 Å². The Morgan fingerprint density at radius 2 is 2.35 bits per heavy atom. The van der Waals surface area contributed by atoms with Crippen molar-refractivity contribution in [2.75, 3.05) is 31.7 Å². The van der Waals surface area contributed by atoms with Crippen LogP contribution in [0.1, 0.15) is 5.69 Å². The molecule has 3 heterocycles. The molecule has 0 spiro atoms. The number of carboxylic acids is 1. The van der Waals surface area contributed by atoms with Gasteiger partial charge in [0.05, 0.1) is 11.4 Å². The molecule has 3 rings (SSSR count). The van der Waals surface area contributed by atoms with Crippen LogP contribution in [0.4, 0.5) is 5.13 Å². The number of amides is 1. The molecule has 10 nitrogen and oxygen atoms in total. The van der Waals surface area contributed by atoms with Crippen LogP contribution < -0.4 is 16.8 Å². The van der Waals surface area contributed by atoms with Gasteiger partial charge in [0.1, 0.15) is 18.5 Å². The summed E-state index contributed by atoms with van der Waals surface area (Å²) in [4.78, 5) is 34.6. The standard InChI is InChI=1S/C14H18N6O4S2/c1-24-19-9(8-5-26-14(16)18-8)11(21)17-7-3-20-10(13(22)23)6(2-15)4-25-12(7)20/h5,7,12H,2-4,15H2,1H3,(H2,16,18)(H,17,21)(H,22,23)/t7-,12-/m1/s1. The molecular weight excluding hydrogens is 380 g/mol. The first kappa shape index (κ1) is 18.5. The number of nitrogens with one attached hydrogen (secondary N) is 1. The van der Waals surface area contributed by atoms with Crippen molar-refractivity contribution in [2.24, 2.45) is 10.9 Å². The fourth-order valence-electron chi connectivity index (χ4n) is 2.84. The van der Waals surface area contributed by atoms with Crippen molar-refractivity contribution in [3.63, 3.8) is 0 Å². The highest BCUT2D eigenvalue weighted by molar-refractivity contribution is 8.00. The Morgan fingerprint density at radius 1 is 1.58 bits per heavy atom. The second-order valence-electron chi connectivity index (χ2n) is 5.59. The lowest BCUT2D eigenvalue weighted by Crippen LogP contribution is -2.67. The van der Waals surface area contributed by atoms with E-state index in [4.69, 9.17) is 16.3 Å². The number of nitrogens with zero attached hydrogens (tertiary/aromatic N) is 3. The third-order valence-corrected chi connectivity index (χ3v) is 6.14. The van der Waals surface area contributed by atoms with Gasteiger partial charge in [0, 0.05) is 24.2 Å². The summed E-state index contributed by atoms with van der Waals surface area (Å²) in [6, 6.07) is -0.223. The molecule has 26 heavy (non-hydrogen) atoms. The molecule has 0 aromatic carbocycles. The third kappa shape index (κ3) is 3.34. The van der Waals surface area contributed by atoms with E-state index in [0.29, 0.717) is 28.7 Å². The smallest absolute Gasteiger partial charge is 0.352 e. The lowest BCUT2D eigenvalue weighted by molar-refractivity contribution is -0.135. The zero-order valence-corrected chi connectivity index (χ0v) is 15.5. The van der Waals surface area contributed by atoms with E-state index in [1.807, 2.05) is 0 Å². The Labute approximate surface area is 157 Å². The molecule has 0 unspecified atom stereocenters. The number of aromatic nitrogens is 1. The topological polar surface area (TPSA) is 156 Å². The van der Waals surface area contributed by atoms with Gasteiger partial charge in [-0.2, -0.15) is 0 Å². The van der Waals surface area contributed by atoms with Crippen LogP contribution in [0.3, 0.4) is 0 Å². The number of rotatable bonds is 6. The predicted octanol–water partition coefficient (Wildman–Crippen LogP) is -0.753. The van der Waals surface area contributed by atoms with E-state index in [9.17, 15) is 14.7 Å². The molecule has 2 aliphatic heterocycles. The first-order valence-electron chi connectivity index (χ1n) is 7.63. The molecular formula is C14H18N6O4S2. The summed E-state index contributed by atoms with van der Waals surface area (Å²) in [5.41, 5.74) is 12.5. The summed E-state index contributed by atoms with van der Waals surface area (Å²) in [5.74, 6) is -0.930. The number of thioether (sulfide) groups is 1. The maximum Gasteiger partial charge on any atom is 0.352 e. The zero-order valence-electron chi connectivity index (χ0n) is 13.8. The Bertz CT molecular complexity index is 792. The second kappa shape index (κ2) is 7.51. The minimum atomic E-state index is -1.000. The number of oxime groups is 1. The second-order valence-corrected chi connectivity index (χ2v) is 7.58. The van der Waals surface area contributed by atoms with E-state index in [1.54, 1.807) is 22.0 Å². The third-order valence-electron chi connectivity index (χ3n) is 4.02. The minimum absolute atomic E-state index is 0.0244. The summed E-state index contributed by atoms with van der Waals surface area (Å²) in [5, 5.41) is 17.8. The highest BCUT2D eigenvalue weighted by Crippen LogP contribution is 2.39. The molecule has 1 saturated heterocycles. The number of nitrogens with two attached hydrogens (primary N) is 2. The van der Waals surface area contributed by atoms with Crippen molar-refractivity contribution in [3.8, 4) is 0 Å². The maximum absolute atomic E-state index is 12.6. The number of nitrogen functional groups attached to an aromatic ring is 1. The van der Waals surface area contributed by atoms with Gasteiger partial charge in [0.15, 0.2) is 10.8 Å². The van der Waals surface area contributed by atoms with E-state index >= 15 is 0 Å². The van der Waals surface area contributed by atoms with E-state index < -0.39 is 11.9 Å². The van der Waals surface area contributed by atoms with Crippen molar-refractivity contribution < 1.29 is 19.5 Å². The molecule has 1 aromatic rings. The Kier molecular flexibility index (Phi) is 5.34. The molecule has 6 N–H and O–H groups in total. The fraction of sp³-hybridized carbons (Fsp3) is 0.429. The molecule has 0 aliphatic carbocycles. The van der Waals surface area contributed by atoms with Crippen LogP contribution >= 0.6 is 23.1 Å². The molecule has 12 heteroatoms. The number of anilines is 1. The summed E-state index contributed by atoms with van der Waals surface area (Å²) in [6.07, 6.45) is 0. The van der Waals surface area contributed by atoms with Crippen LogP contribution in [0.25, 0.3) is 0 Å². The number of aliphatic carboxylic acids is 1. The van der Waals surface area contributed by atoms with Crippen LogP contribution in [-0.4, -0.2) is 69.9 Å². The quantitative estimate of drug-likeness (QED) is 0.357. The number of carbonyl (C=O) groups is 2. The van der Waals surface area contributed by atoms with E-state index in [2.05, 4.69) is 15.5 Å². The van der Waals surface area contributed by atoms with Crippen molar-refractivity contribution in [3.05, 3.63) is 22.3 Å². The maximum atomic E-state index is 12.6. The van der Waals surface area contributed by atoms with Crippen molar-refractivity contribution in [1.82, 2.24) is 15.2 Å². The molecule has 0 bridgehead atoms. The molecule has 1 aromatic heterocycles. The average molecular weight is 398 g/mol. The number of carboxylic acid groups (broad SMARTS) is 1. The van der Waals surface area contributed by atoms with Crippen LogP contribution in [-0.2, 0) is 14.4 Å². The summed E-state index contributed by atoms with van der Waals surface area (Å²) >= 11 is 2.74. The number of thiazole rings is 1. The monoisotopic (exact) mass is 398 g/mol. The van der Waals surface area contributed by atoms with Gasteiger partial charge in [0.25, 0.3) is 5.91 Å². The fourth-order valence-corrected chi connectivity index (χ4v) is 4.77. The first-order chi connectivity index (χ1) is 12.5. The lowest BCUT2D eigenvalue weighted by atomic mass is 10.0. The summed E-state index contributed by atoms with van der Waals surface area (Å²) in [7, 11) is 1.34. The summed E-state index contributed by atoms with van der Waals surface area (Å²) in [6.45, 7) is 0.582. The Hall–Kier alpha value is -2.31. The molecule has 2 atom stereocenters. The average Bonchev–Trinajstić information content (AvgIpc) is 3.02. The number of fused-ring (bicyclic) bond motifs is 1. The van der Waals surface area contributed by atoms with E-state index in [-0.39, 0.29) is 29.4 Å². The molecule has 0 radical (unpaired) electrons. The molecule has 1 amide bonds. The Morgan fingerprint density at radius 3 is 2.92 bits per heavy atom. The van der Waals surface area contributed by atoms with Gasteiger partial charge in [0.2, 0.25) is 0 Å². The highest BCUT2D eigenvalue weighted by Gasteiger charge is 2.46. The van der Waals surface area contributed by atoms with Gasteiger partial charge < -0.3 is 31.6 Å². The number of hydrogen-bond donors (Lipinski definition) is 4. The molecule has 2 aliphatic rings. The van der Waals surface area contributed by atoms with Crippen LogP contribution in [0, 0.1) is 0 Å². The highest BCUT2D eigenvalue weighted by atomic mass is 32.2. The van der Waals surface area contributed by atoms with Gasteiger partial charge in [-0.1, -0.05) is 5.16 Å². The normalized spacial score (nSPS) is 22.5. The van der Waals surface area contributed by atoms with Gasteiger partial charge >= 0.3 is 5.97 Å². The van der Waals surface area contributed by atoms with Crippen LogP contribution in [0.5, 0.6) is 0 Å². The van der Waals surface area contributed by atoms with Gasteiger partial charge in [-0.3, -0.25) is 4.79 Å². The minimum Gasteiger partial charge on any atom is -0.477 e. The molecule has 140 valence electrons. The first-order valence-corrected chi connectivity index (χ1v) is 9.56. The molecule has 1 fully saturated rings. The van der Waals surface area contributed by atoms with E-state index in [0.717, 1.165) is 0 Å². The SMILES string of the molecule is CON=C(C(=O)N[C@@H]1CN2C(C(=O)O)=C(CN)CS[C@H]12)c1csc(N)n1. The lowest BCUT2D eigenvalue weighted by Gasteiger charge is -2.51. The molecule has 0 saturated carbocycles. The summed E-state index contributed by atoms with van der Waals surface area (Å²) < 4.78 is 0. The number of carbonyl (C=O) groups excluding carboxylic acids is 1.